The van der Waals surface area contributed by atoms with Gasteiger partial charge in [-0.25, -0.2) is 4.98 Å². The molecule has 5 nitrogen and oxygen atoms in total. The summed E-state index contributed by atoms with van der Waals surface area (Å²) >= 11 is 3.51. The van der Waals surface area contributed by atoms with Crippen LogP contribution >= 0.6 is 15.9 Å². The summed E-state index contributed by atoms with van der Waals surface area (Å²) in [6.45, 7) is 4.06. The number of methoxy groups -OCH3 is 1. The van der Waals surface area contributed by atoms with Gasteiger partial charge in [-0.05, 0) is 59.6 Å². The molecule has 0 aliphatic rings. The molecule has 2 atom stereocenters. The fourth-order valence-corrected chi connectivity index (χ4v) is 3.37. The van der Waals surface area contributed by atoms with E-state index in [2.05, 4.69) is 38.1 Å². The first-order valence-electron chi connectivity index (χ1n) is 8.08. The van der Waals surface area contributed by atoms with Crippen molar-refractivity contribution in [2.45, 2.75) is 25.9 Å². The minimum atomic E-state index is -0.117. The summed E-state index contributed by atoms with van der Waals surface area (Å²) in [6, 6.07) is 13.3. The first-order valence-corrected chi connectivity index (χ1v) is 8.87. The molecule has 0 aliphatic carbocycles. The minimum absolute atomic E-state index is 0.0778. The van der Waals surface area contributed by atoms with E-state index < -0.39 is 0 Å². The Hall–Kier alpha value is -2.18. The van der Waals surface area contributed by atoms with Crippen LogP contribution in [0.5, 0.6) is 5.75 Å². The molecule has 0 fully saturated rings. The van der Waals surface area contributed by atoms with Gasteiger partial charge in [0.1, 0.15) is 11.6 Å². The van der Waals surface area contributed by atoms with Gasteiger partial charge < -0.3 is 15.0 Å². The van der Waals surface area contributed by atoms with Gasteiger partial charge in [0.25, 0.3) is 5.56 Å². The van der Waals surface area contributed by atoms with Crippen LogP contribution in [0.1, 0.15) is 37.3 Å². The highest BCUT2D eigenvalue weighted by Crippen LogP contribution is 2.28. The van der Waals surface area contributed by atoms with Crippen molar-refractivity contribution in [1.82, 2.24) is 15.3 Å². The summed E-state index contributed by atoms with van der Waals surface area (Å²) < 4.78 is 6.18. The van der Waals surface area contributed by atoms with Crippen LogP contribution in [-0.4, -0.2) is 17.1 Å². The van der Waals surface area contributed by atoms with E-state index in [1.165, 1.54) is 0 Å². The normalized spacial score (nSPS) is 13.6. The third kappa shape index (κ3) is 3.75. The lowest BCUT2D eigenvalue weighted by molar-refractivity contribution is 0.411. The zero-order valence-corrected chi connectivity index (χ0v) is 15.9. The van der Waals surface area contributed by atoms with Crippen LogP contribution in [-0.2, 0) is 0 Å². The largest absolute Gasteiger partial charge is 0.496 e. The van der Waals surface area contributed by atoms with Gasteiger partial charge in [-0.2, -0.15) is 0 Å². The Morgan fingerprint density at radius 2 is 1.92 bits per heavy atom. The predicted octanol–water partition coefficient (Wildman–Crippen LogP) is 4.11. The fourth-order valence-electron chi connectivity index (χ4n) is 2.81. The van der Waals surface area contributed by atoms with Crippen LogP contribution in [0.4, 0.5) is 0 Å². The third-order valence-corrected chi connectivity index (χ3v) is 4.84. The number of ether oxygens (including phenoxy) is 1. The molecule has 0 spiro atoms. The van der Waals surface area contributed by atoms with Crippen LogP contribution in [0.25, 0.3) is 10.9 Å². The molecule has 3 rings (SSSR count). The quantitative estimate of drug-likeness (QED) is 0.674. The predicted molar refractivity (Wildman–Crippen MR) is 103 cm³/mol. The molecule has 0 saturated heterocycles. The number of nitrogens with one attached hydrogen (secondary N) is 2. The maximum atomic E-state index is 12.2. The minimum Gasteiger partial charge on any atom is -0.496 e. The van der Waals surface area contributed by atoms with E-state index in [9.17, 15) is 4.79 Å². The van der Waals surface area contributed by atoms with E-state index >= 15 is 0 Å². The lowest BCUT2D eigenvalue weighted by atomic mass is 10.1. The second kappa shape index (κ2) is 7.37. The number of fused-ring (bicyclic) bond motifs is 1. The Morgan fingerprint density at radius 1 is 1.16 bits per heavy atom. The molecule has 0 saturated carbocycles. The number of hydrogen-bond donors (Lipinski definition) is 2. The van der Waals surface area contributed by atoms with E-state index in [4.69, 9.17) is 4.74 Å². The van der Waals surface area contributed by atoms with E-state index in [1.807, 2.05) is 43.3 Å². The van der Waals surface area contributed by atoms with Crippen molar-refractivity contribution in [2.75, 3.05) is 7.11 Å². The zero-order chi connectivity index (χ0) is 18.0. The number of hydrogen-bond acceptors (Lipinski definition) is 4. The molecule has 0 amide bonds. The molecule has 0 unspecified atom stereocenters. The molecule has 25 heavy (non-hydrogen) atoms. The number of aromatic amines is 1. The van der Waals surface area contributed by atoms with Gasteiger partial charge in [0.05, 0.1) is 28.5 Å². The molecular weight excluding hydrogens is 382 g/mol. The second-order valence-corrected chi connectivity index (χ2v) is 6.83. The van der Waals surface area contributed by atoms with Crippen molar-refractivity contribution in [3.05, 3.63) is 68.7 Å². The number of nitrogens with zero attached hydrogens (tertiary/aromatic N) is 1. The molecule has 6 heteroatoms. The Morgan fingerprint density at radius 3 is 2.64 bits per heavy atom. The van der Waals surface area contributed by atoms with Crippen LogP contribution in [0.15, 0.2) is 51.7 Å². The highest BCUT2D eigenvalue weighted by molar-refractivity contribution is 9.10. The molecule has 2 aromatic carbocycles. The Kier molecular flexibility index (Phi) is 5.20. The van der Waals surface area contributed by atoms with Gasteiger partial charge in [-0.15, -0.1) is 0 Å². The molecule has 2 N–H and O–H groups in total. The number of para-hydroxylation sites is 1. The van der Waals surface area contributed by atoms with Crippen molar-refractivity contribution >= 4 is 26.8 Å². The standard InChI is InChI=1S/C19H20BrN3O2/c1-11(13-8-9-17(25-3)15(20)10-13)21-12(2)18-22-16-7-5-4-6-14(16)19(24)23-18/h4-12,21H,1-3H3,(H,22,23,24)/t11-,12+/m1/s1. The van der Waals surface area contributed by atoms with Gasteiger partial charge in [0.2, 0.25) is 0 Å². The maximum absolute atomic E-state index is 12.2. The van der Waals surface area contributed by atoms with Gasteiger partial charge in [0.15, 0.2) is 0 Å². The van der Waals surface area contributed by atoms with E-state index in [0.29, 0.717) is 16.7 Å². The average molecular weight is 402 g/mol. The van der Waals surface area contributed by atoms with Crippen molar-refractivity contribution in [3.63, 3.8) is 0 Å². The lowest BCUT2D eigenvalue weighted by Gasteiger charge is -2.20. The molecule has 0 radical (unpaired) electrons. The Bertz CT molecular complexity index is 955. The van der Waals surface area contributed by atoms with Crippen LogP contribution in [0.3, 0.4) is 0 Å². The van der Waals surface area contributed by atoms with Gasteiger partial charge in [-0.1, -0.05) is 18.2 Å². The molecular formula is C19H20BrN3O2. The van der Waals surface area contributed by atoms with Gasteiger partial charge >= 0.3 is 0 Å². The first-order chi connectivity index (χ1) is 12.0. The number of halogens is 1. The molecule has 130 valence electrons. The van der Waals surface area contributed by atoms with Gasteiger partial charge in [0, 0.05) is 6.04 Å². The van der Waals surface area contributed by atoms with Crippen LogP contribution in [0.2, 0.25) is 0 Å². The number of aromatic nitrogens is 2. The Labute approximate surface area is 154 Å². The van der Waals surface area contributed by atoms with Crippen molar-refractivity contribution in [1.29, 1.82) is 0 Å². The number of benzene rings is 2. The summed E-state index contributed by atoms with van der Waals surface area (Å²) in [5.74, 6) is 1.42. The highest BCUT2D eigenvalue weighted by atomic mass is 79.9. The summed E-state index contributed by atoms with van der Waals surface area (Å²) in [4.78, 5) is 19.7. The first kappa shape index (κ1) is 17.6. The molecule has 1 heterocycles. The van der Waals surface area contributed by atoms with Crippen LogP contribution in [0, 0.1) is 0 Å². The van der Waals surface area contributed by atoms with E-state index in [0.717, 1.165) is 15.8 Å². The van der Waals surface area contributed by atoms with Crippen LogP contribution < -0.4 is 15.6 Å². The molecule has 0 aliphatic heterocycles. The molecule has 1 aromatic heterocycles. The lowest BCUT2D eigenvalue weighted by Crippen LogP contribution is -2.26. The topological polar surface area (TPSA) is 67.0 Å². The average Bonchev–Trinajstić information content (AvgIpc) is 2.61. The van der Waals surface area contributed by atoms with E-state index in [1.54, 1.807) is 13.2 Å². The SMILES string of the molecule is COc1ccc([C@@H](C)N[C@@H](C)c2nc3ccccc3c(=O)[nH]2)cc1Br. The number of H-pyrrole nitrogens is 1. The number of rotatable bonds is 5. The third-order valence-electron chi connectivity index (χ3n) is 4.22. The van der Waals surface area contributed by atoms with Crippen molar-refractivity contribution < 1.29 is 4.74 Å². The van der Waals surface area contributed by atoms with Crippen molar-refractivity contribution in [3.8, 4) is 5.75 Å². The monoisotopic (exact) mass is 401 g/mol. The zero-order valence-electron chi connectivity index (χ0n) is 14.3. The molecule has 0 bridgehead atoms. The highest BCUT2D eigenvalue weighted by Gasteiger charge is 2.15. The van der Waals surface area contributed by atoms with Gasteiger partial charge in [-0.3, -0.25) is 4.79 Å². The summed E-state index contributed by atoms with van der Waals surface area (Å²) in [5.41, 5.74) is 1.70. The molecule has 3 aromatic rings. The maximum Gasteiger partial charge on any atom is 0.258 e. The van der Waals surface area contributed by atoms with Crippen molar-refractivity contribution in [2.24, 2.45) is 0 Å². The Balaban J connectivity index is 1.83. The smallest absolute Gasteiger partial charge is 0.258 e. The summed E-state index contributed by atoms with van der Waals surface area (Å²) in [5, 5.41) is 4.08. The summed E-state index contributed by atoms with van der Waals surface area (Å²) in [7, 11) is 1.64. The fraction of sp³-hybridized carbons (Fsp3) is 0.263. The van der Waals surface area contributed by atoms with E-state index in [-0.39, 0.29) is 17.6 Å². The second-order valence-electron chi connectivity index (χ2n) is 5.97. The summed E-state index contributed by atoms with van der Waals surface area (Å²) in [6.07, 6.45) is 0.